The van der Waals surface area contributed by atoms with E-state index in [1.54, 1.807) is 6.92 Å². The third-order valence-corrected chi connectivity index (χ3v) is 2.59. The number of carboxylic acid groups (broad SMARTS) is 1. The van der Waals surface area contributed by atoms with Crippen molar-refractivity contribution >= 4 is 6.09 Å². The van der Waals surface area contributed by atoms with Crippen molar-refractivity contribution in [2.75, 3.05) is 0 Å². The molecule has 80 valence electrons. The van der Waals surface area contributed by atoms with Crippen LogP contribution in [0.4, 0.5) is 4.79 Å². The smallest absolute Gasteiger partial charge is 0.408 e. The fourth-order valence-electron chi connectivity index (χ4n) is 1.12. The fraction of sp³-hybridized carbons (Fsp3) is 0.545. The first-order valence-electron chi connectivity index (χ1n) is 4.74. The molecule has 2 N–H and O–H groups in total. The van der Waals surface area contributed by atoms with Crippen LogP contribution in [0, 0.1) is 0 Å². The molecule has 0 fully saturated rings. The van der Waals surface area contributed by atoms with E-state index in [0.717, 1.165) is 12.0 Å². The molecule has 0 aromatic rings. The molecule has 14 heavy (non-hydrogen) atoms. The highest BCUT2D eigenvalue weighted by Gasteiger charge is 2.04. The van der Waals surface area contributed by atoms with Gasteiger partial charge in [0.1, 0.15) is 0 Å². The van der Waals surface area contributed by atoms with E-state index in [2.05, 4.69) is 19.2 Å². The van der Waals surface area contributed by atoms with E-state index in [-0.39, 0.29) is 0 Å². The van der Waals surface area contributed by atoms with Crippen LogP contribution in [0.15, 0.2) is 22.4 Å². The summed E-state index contributed by atoms with van der Waals surface area (Å²) < 4.78 is 0. The number of carbonyl (C=O) groups is 1. The van der Waals surface area contributed by atoms with Crippen molar-refractivity contribution in [3.05, 3.63) is 22.4 Å². The van der Waals surface area contributed by atoms with E-state index >= 15 is 0 Å². The van der Waals surface area contributed by atoms with Gasteiger partial charge in [0.25, 0.3) is 0 Å². The highest BCUT2D eigenvalue weighted by molar-refractivity contribution is 5.67. The largest absolute Gasteiger partial charge is 0.465 e. The first-order valence-corrected chi connectivity index (χ1v) is 4.74. The molecule has 3 heteroatoms. The predicted molar refractivity (Wildman–Crippen MR) is 58.2 cm³/mol. The Balaban J connectivity index is 4.90. The van der Waals surface area contributed by atoms with E-state index in [1.165, 1.54) is 11.1 Å². The molecule has 0 aliphatic heterocycles. The highest BCUT2D eigenvalue weighted by Crippen LogP contribution is 2.18. The van der Waals surface area contributed by atoms with Crippen molar-refractivity contribution in [2.24, 2.45) is 0 Å². The Kier molecular flexibility index (Phi) is 4.99. The van der Waals surface area contributed by atoms with Gasteiger partial charge in [0.2, 0.25) is 0 Å². The minimum Gasteiger partial charge on any atom is -0.465 e. The number of nitrogens with one attached hydrogen (secondary N) is 1. The Morgan fingerprint density at radius 3 is 2.00 bits per heavy atom. The summed E-state index contributed by atoms with van der Waals surface area (Å²) in [5.41, 5.74) is 4.15. The second-order valence-corrected chi connectivity index (χ2v) is 3.44. The van der Waals surface area contributed by atoms with Gasteiger partial charge in [-0.15, -0.1) is 0 Å². The summed E-state index contributed by atoms with van der Waals surface area (Å²) in [6, 6.07) is 0. The standard InChI is InChI=1S/C11H19NO2/c1-6-7(2)8(3)9(4)10(5)12-11(13)14/h12H,6H2,1-5H3,(H,13,14)/b8-7+,10-9+. The zero-order valence-corrected chi connectivity index (χ0v) is 9.56. The Bertz CT molecular complexity index is 288. The van der Waals surface area contributed by atoms with Crippen LogP contribution in [-0.2, 0) is 0 Å². The number of hydrogen-bond acceptors (Lipinski definition) is 1. The van der Waals surface area contributed by atoms with Gasteiger partial charge in [-0.2, -0.15) is 0 Å². The van der Waals surface area contributed by atoms with Crippen LogP contribution in [0.25, 0.3) is 0 Å². The lowest BCUT2D eigenvalue weighted by Gasteiger charge is -2.10. The average Bonchev–Trinajstić information content (AvgIpc) is 2.13. The highest BCUT2D eigenvalue weighted by atomic mass is 16.4. The van der Waals surface area contributed by atoms with Gasteiger partial charge in [-0.1, -0.05) is 12.5 Å². The minimum atomic E-state index is -1.01. The van der Waals surface area contributed by atoms with E-state index in [4.69, 9.17) is 5.11 Å². The molecule has 0 spiro atoms. The van der Waals surface area contributed by atoms with Crippen LogP contribution in [0.1, 0.15) is 41.0 Å². The molecule has 0 rings (SSSR count). The molecule has 0 aliphatic carbocycles. The van der Waals surface area contributed by atoms with E-state index in [1.807, 2.05) is 13.8 Å². The molecule has 0 heterocycles. The maximum absolute atomic E-state index is 10.4. The quantitative estimate of drug-likeness (QED) is 0.682. The van der Waals surface area contributed by atoms with Gasteiger partial charge in [0.05, 0.1) is 0 Å². The first-order chi connectivity index (χ1) is 6.40. The van der Waals surface area contributed by atoms with Crippen LogP contribution in [-0.4, -0.2) is 11.2 Å². The van der Waals surface area contributed by atoms with Gasteiger partial charge < -0.3 is 5.11 Å². The zero-order chi connectivity index (χ0) is 11.3. The topological polar surface area (TPSA) is 49.3 Å². The first kappa shape index (κ1) is 12.8. The summed E-state index contributed by atoms with van der Waals surface area (Å²) in [6.07, 6.45) is -0.0208. The summed E-state index contributed by atoms with van der Waals surface area (Å²) in [4.78, 5) is 10.4. The van der Waals surface area contributed by atoms with Crippen LogP contribution >= 0.6 is 0 Å². The summed E-state index contributed by atoms with van der Waals surface area (Å²) in [5.74, 6) is 0. The normalized spacial score (nSPS) is 14.4. The molecule has 0 aromatic heterocycles. The summed E-state index contributed by atoms with van der Waals surface area (Å²) in [7, 11) is 0. The molecule has 0 saturated heterocycles. The molecule has 0 aliphatic rings. The lowest BCUT2D eigenvalue weighted by Crippen LogP contribution is -2.19. The van der Waals surface area contributed by atoms with Crippen LogP contribution < -0.4 is 5.32 Å². The molecule has 3 nitrogen and oxygen atoms in total. The number of hydrogen-bond donors (Lipinski definition) is 2. The van der Waals surface area contributed by atoms with Gasteiger partial charge in [-0.25, -0.2) is 4.79 Å². The lowest BCUT2D eigenvalue weighted by atomic mass is 10.0. The summed E-state index contributed by atoms with van der Waals surface area (Å²) in [5, 5.41) is 10.9. The van der Waals surface area contributed by atoms with Gasteiger partial charge >= 0.3 is 6.09 Å². The third kappa shape index (κ3) is 3.64. The Labute approximate surface area is 85.5 Å². The van der Waals surface area contributed by atoms with Gasteiger partial charge in [-0.05, 0) is 45.3 Å². The summed E-state index contributed by atoms with van der Waals surface area (Å²) >= 11 is 0. The molecule has 0 unspecified atom stereocenters. The predicted octanol–water partition coefficient (Wildman–Crippen LogP) is 3.29. The molecule has 1 amide bonds. The minimum absolute atomic E-state index is 0.697. The maximum Gasteiger partial charge on any atom is 0.408 e. The van der Waals surface area contributed by atoms with E-state index in [9.17, 15) is 4.79 Å². The van der Waals surface area contributed by atoms with Gasteiger partial charge in [0.15, 0.2) is 0 Å². The number of amides is 1. The molecule has 0 aromatic carbocycles. The van der Waals surface area contributed by atoms with E-state index in [0.29, 0.717) is 5.70 Å². The average molecular weight is 197 g/mol. The zero-order valence-electron chi connectivity index (χ0n) is 9.56. The second kappa shape index (κ2) is 5.47. The monoisotopic (exact) mass is 197 g/mol. The number of rotatable bonds is 3. The third-order valence-electron chi connectivity index (χ3n) is 2.59. The molecule has 0 radical (unpaired) electrons. The SMILES string of the molecule is CC/C(C)=C(C)/C(C)=C(\C)NC(=O)O. The Hall–Kier alpha value is -1.25. The molecular formula is C11H19NO2. The Morgan fingerprint density at radius 1 is 1.14 bits per heavy atom. The van der Waals surface area contributed by atoms with Crippen molar-refractivity contribution in [2.45, 2.75) is 41.0 Å². The van der Waals surface area contributed by atoms with Crippen LogP contribution in [0.5, 0.6) is 0 Å². The van der Waals surface area contributed by atoms with Gasteiger partial charge in [-0.3, -0.25) is 5.32 Å². The molecule has 0 saturated carbocycles. The van der Waals surface area contributed by atoms with Crippen molar-refractivity contribution < 1.29 is 9.90 Å². The second-order valence-electron chi connectivity index (χ2n) is 3.44. The van der Waals surface area contributed by atoms with Crippen molar-refractivity contribution in [1.82, 2.24) is 5.32 Å². The van der Waals surface area contributed by atoms with Crippen molar-refractivity contribution in [1.29, 1.82) is 0 Å². The van der Waals surface area contributed by atoms with Crippen molar-refractivity contribution in [3.63, 3.8) is 0 Å². The molecule has 0 bridgehead atoms. The lowest BCUT2D eigenvalue weighted by molar-refractivity contribution is 0.197. The van der Waals surface area contributed by atoms with Crippen LogP contribution in [0.3, 0.4) is 0 Å². The molecule has 0 atom stereocenters. The number of allylic oxidation sites excluding steroid dienone is 4. The fourth-order valence-corrected chi connectivity index (χ4v) is 1.12. The van der Waals surface area contributed by atoms with Gasteiger partial charge in [0, 0.05) is 5.70 Å². The Morgan fingerprint density at radius 2 is 1.64 bits per heavy atom. The maximum atomic E-state index is 10.4. The summed E-state index contributed by atoms with van der Waals surface area (Å²) in [6.45, 7) is 9.87. The van der Waals surface area contributed by atoms with Crippen molar-refractivity contribution in [3.8, 4) is 0 Å². The molecular weight excluding hydrogens is 178 g/mol. The van der Waals surface area contributed by atoms with E-state index < -0.39 is 6.09 Å². The van der Waals surface area contributed by atoms with Crippen LogP contribution in [0.2, 0.25) is 0 Å².